The lowest BCUT2D eigenvalue weighted by atomic mass is 10.1. The molecule has 2 N–H and O–H groups in total. The summed E-state index contributed by atoms with van der Waals surface area (Å²) in [5, 5.41) is 0.581. The van der Waals surface area contributed by atoms with Gasteiger partial charge < -0.3 is 15.4 Å². The molecule has 1 heterocycles. The molecular formula is C15H25ClN4O. The normalized spacial score (nSPS) is 16.5. The number of aromatic nitrogens is 2. The van der Waals surface area contributed by atoms with E-state index < -0.39 is 0 Å². The minimum absolute atomic E-state index is 0.362. The molecule has 1 saturated carbocycles. The average molecular weight is 313 g/mol. The smallest absolute Gasteiger partial charge is 0.318 e. The van der Waals surface area contributed by atoms with Crippen LogP contribution in [0.3, 0.4) is 0 Å². The zero-order valence-electron chi connectivity index (χ0n) is 12.7. The Morgan fingerprint density at radius 3 is 2.67 bits per heavy atom. The van der Waals surface area contributed by atoms with Crippen molar-refractivity contribution in [1.29, 1.82) is 0 Å². The topological polar surface area (TPSA) is 64.3 Å². The number of ether oxygens (including phenoxy) is 1. The molecule has 0 amide bonds. The summed E-state index contributed by atoms with van der Waals surface area (Å²) in [4.78, 5) is 10.8. The van der Waals surface area contributed by atoms with Crippen molar-refractivity contribution in [2.45, 2.75) is 51.0 Å². The fraction of sp³-hybridized carbons (Fsp3) is 0.733. The molecule has 1 aromatic rings. The van der Waals surface area contributed by atoms with Crippen LogP contribution in [0.25, 0.3) is 0 Å². The van der Waals surface area contributed by atoms with Crippen molar-refractivity contribution >= 4 is 17.4 Å². The summed E-state index contributed by atoms with van der Waals surface area (Å²) in [5.41, 5.74) is 5.69. The third-order valence-corrected chi connectivity index (χ3v) is 4.29. The molecule has 21 heavy (non-hydrogen) atoms. The fourth-order valence-corrected chi connectivity index (χ4v) is 3.13. The minimum atomic E-state index is 0.362. The van der Waals surface area contributed by atoms with Gasteiger partial charge in [0.15, 0.2) is 5.82 Å². The summed E-state index contributed by atoms with van der Waals surface area (Å²) in [5.74, 6) is 0.781. The molecule has 0 spiro atoms. The number of nitrogens with zero attached hydrogens (tertiary/aromatic N) is 3. The average Bonchev–Trinajstić information content (AvgIpc) is 2.78. The van der Waals surface area contributed by atoms with Crippen molar-refractivity contribution in [1.82, 2.24) is 9.97 Å². The van der Waals surface area contributed by atoms with E-state index in [-0.39, 0.29) is 0 Å². The molecule has 0 aromatic carbocycles. The van der Waals surface area contributed by atoms with E-state index in [1.54, 1.807) is 13.3 Å². The van der Waals surface area contributed by atoms with Gasteiger partial charge in [0, 0.05) is 12.6 Å². The Morgan fingerprint density at radius 2 is 2.05 bits per heavy atom. The van der Waals surface area contributed by atoms with E-state index in [1.807, 2.05) is 0 Å². The molecular weight excluding hydrogens is 288 g/mol. The van der Waals surface area contributed by atoms with Crippen molar-refractivity contribution in [3.05, 3.63) is 11.2 Å². The number of rotatable bonds is 6. The molecule has 0 saturated heterocycles. The van der Waals surface area contributed by atoms with Gasteiger partial charge in [-0.05, 0) is 25.8 Å². The third kappa shape index (κ3) is 4.45. The van der Waals surface area contributed by atoms with Gasteiger partial charge >= 0.3 is 6.01 Å². The lowest BCUT2D eigenvalue weighted by molar-refractivity contribution is 0.378. The molecule has 1 fully saturated rings. The summed E-state index contributed by atoms with van der Waals surface area (Å²) in [6.45, 7) is 1.55. The Bertz CT molecular complexity index is 436. The standard InChI is InChI=1S/C15H25ClN4O/c1-21-15-18-11-13(16)14(19-15)20(10-6-9-17)12-7-4-2-3-5-8-12/h11-12H,2-10,17H2,1H3. The maximum Gasteiger partial charge on any atom is 0.318 e. The van der Waals surface area contributed by atoms with Crippen LogP contribution in [-0.4, -0.2) is 36.2 Å². The Balaban J connectivity index is 2.25. The van der Waals surface area contributed by atoms with Crippen molar-refractivity contribution in [2.24, 2.45) is 5.73 Å². The summed E-state index contributed by atoms with van der Waals surface area (Å²) in [6, 6.07) is 0.844. The number of halogens is 1. The van der Waals surface area contributed by atoms with Gasteiger partial charge in [0.25, 0.3) is 0 Å². The maximum absolute atomic E-state index is 6.33. The Kier molecular flexibility index (Phi) is 6.51. The second-order valence-corrected chi connectivity index (χ2v) is 5.92. The van der Waals surface area contributed by atoms with E-state index in [0.29, 0.717) is 23.6 Å². The molecule has 0 unspecified atom stereocenters. The number of anilines is 1. The van der Waals surface area contributed by atoms with Gasteiger partial charge in [-0.3, -0.25) is 0 Å². The monoisotopic (exact) mass is 312 g/mol. The molecule has 118 valence electrons. The number of hydrogen-bond acceptors (Lipinski definition) is 5. The van der Waals surface area contributed by atoms with Gasteiger partial charge in [0.1, 0.15) is 5.02 Å². The first-order chi connectivity index (χ1) is 10.3. The predicted octanol–water partition coefficient (Wildman–Crippen LogP) is 3.02. The van der Waals surface area contributed by atoms with Crippen LogP contribution in [0.4, 0.5) is 5.82 Å². The number of nitrogens with two attached hydrogens (primary N) is 1. The lowest BCUT2D eigenvalue weighted by Crippen LogP contribution is -2.37. The molecule has 1 aliphatic rings. The number of methoxy groups -OCH3 is 1. The quantitative estimate of drug-likeness (QED) is 0.818. The summed E-state index contributed by atoms with van der Waals surface area (Å²) in [7, 11) is 1.57. The van der Waals surface area contributed by atoms with Crippen LogP contribution in [0.5, 0.6) is 6.01 Å². The van der Waals surface area contributed by atoms with Crippen molar-refractivity contribution in [3.63, 3.8) is 0 Å². The highest BCUT2D eigenvalue weighted by molar-refractivity contribution is 6.32. The molecule has 5 nitrogen and oxygen atoms in total. The van der Waals surface area contributed by atoms with E-state index in [9.17, 15) is 0 Å². The predicted molar refractivity (Wildman–Crippen MR) is 86.1 cm³/mol. The molecule has 2 rings (SSSR count). The van der Waals surface area contributed by atoms with Crippen molar-refractivity contribution in [2.75, 3.05) is 25.1 Å². The van der Waals surface area contributed by atoms with Gasteiger partial charge in [-0.25, -0.2) is 4.98 Å². The van der Waals surface area contributed by atoms with Crippen LogP contribution in [0.2, 0.25) is 5.02 Å². The Hall–Kier alpha value is -1.07. The summed E-state index contributed by atoms with van der Waals surface area (Å²) in [6.07, 6.45) is 10.1. The van der Waals surface area contributed by atoms with E-state index in [2.05, 4.69) is 14.9 Å². The van der Waals surface area contributed by atoms with Crippen LogP contribution in [0, 0.1) is 0 Å². The van der Waals surface area contributed by atoms with Crippen LogP contribution < -0.4 is 15.4 Å². The second kappa shape index (κ2) is 8.39. The van der Waals surface area contributed by atoms with E-state index in [4.69, 9.17) is 22.1 Å². The highest BCUT2D eigenvalue weighted by Gasteiger charge is 2.23. The van der Waals surface area contributed by atoms with Gasteiger partial charge in [0.2, 0.25) is 0 Å². The van der Waals surface area contributed by atoms with E-state index in [1.165, 1.54) is 38.5 Å². The summed E-state index contributed by atoms with van der Waals surface area (Å²) >= 11 is 6.33. The first-order valence-corrected chi connectivity index (χ1v) is 8.17. The van der Waals surface area contributed by atoms with Crippen LogP contribution in [0.15, 0.2) is 6.20 Å². The molecule has 0 radical (unpaired) electrons. The highest BCUT2D eigenvalue weighted by Crippen LogP contribution is 2.31. The lowest BCUT2D eigenvalue weighted by Gasteiger charge is -2.32. The maximum atomic E-state index is 6.33. The third-order valence-electron chi connectivity index (χ3n) is 4.03. The van der Waals surface area contributed by atoms with Crippen LogP contribution >= 0.6 is 11.6 Å². The molecule has 0 aliphatic heterocycles. The second-order valence-electron chi connectivity index (χ2n) is 5.51. The van der Waals surface area contributed by atoms with Crippen LogP contribution in [-0.2, 0) is 0 Å². The van der Waals surface area contributed by atoms with Gasteiger partial charge in [-0.15, -0.1) is 0 Å². The highest BCUT2D eigenvalue weighted by atomic mass is 35.5. The molecule has 6 heteroatoms. The fourth-order valence-electron chi connectivity index (χ4n) is 2.93. The molecule has 1 aromatic heterocycles. The minimum Gasteiger partial charge on any atom is -0.467 e. The zero-order chi connectivity index (χ0) is 15.1. The molecule has 0 atom stereocenters. The van der Waals surface area contributed by atoms with Gasteiger partial charge in [-0.1, -0.05) is 37.3 Å². The van der Waals surface area contributed by atoms with Gasteiger partial charge in [0.05, 0.1) is 13.3 Å². The summed E-state index contributed by atoms with van der Waals surface area (Å²) < 4.78 is 5.14. The van der Waals surface area contributed by atoms with E-state index in [0.717, 1.165) is 18.8 Å². The zero-order valence-corrected chi connectivity index (χ0v) is 13.5. The Labute approximate surface area is 131 Å². The Morgan fingerprint density at radius 1 is 1.33 bits per heavy atom. The van der Waals surface area contributed by atoms with Crippen molar-refractivity contribution in [3.8, 4) is 6.01 Å². The first kappa shape index (κ1) is 16.3. The van der Waals surface area contributed by atoms with Crippen molar-refractivity contribution < 1.29 is 4.74 Å². The largest absolute Gasteiger partial charge is 0.467 e. The SMILES string of the molecule is COc1ncc(Cl)c(N(CCCN)C2CCCCCC2)n1. The van der Waals surface area contributed by atoms with Gasteiger partial charge in [-0.2, -0.15) is 4.98 Å². The molecule has 1 aliphatic carbocycles. The first-order valence-electron chi connectivity index (χ1n) is 7.79. The number of hydrogen-bond donors (Lipinski definition) is 1. The van der Waals surface area contributed by atoms with E-state index >= 15 is 0 Å². The molecule has 0 bridgehead atoms. The van der Waals surface area contributed by atoms with Crippen LogP contribution in [0.1, 0.15) is 44.9 Å².